The Hall–Kier alpha value is -3.84. The average molecular weight is 452 g/mol. The van der Waals surface area contributed by atoms with Crippen LogP contribution in [-0.2, 0) is 11.2 Å². The number of ether oxygens (including phenoxy) is 1. The van der Waals surface area contributed by atoms with E-state index >= 15 is 0 Å². The van der Waals surface area contributed by atoms with Gasteiger partial charge in [0.15, 0.2) is 0 Å². The van der Waals surface area contributed by atoms with E-state index in [-0.39, 0.29) is 12.2 Å². The summed E-state index contributed by atoms with van der Waals surface area (Å²) < 4.78 is 5.10. The number of aromatic hydroxyl groups is 1. The molecule has 1 atom stereocenters. The first-order valence-corrected chi connectivity index (χ1v) is 10.1. The fourth-order valence-electron chi connectivity index (χ4n) is 2.86. The number of phenols is 1. The maximum Gasteiger partial charge on any atom is 0.262 e. The number of hydrogen-bond acceptors (Lipinski definition) is 5. The number of phenolic OH excluding ortho intramolecular Hbond substituents is 1. The number of methoxy groups -OCH3 is 1. The molecule has 0 unspecified atom stereocenters. The Morgan fingerprint density at radius 2 is 1.69 bits per heavy atom. The minimum absolute atomic E-state index is 0.115. The SMILES string of the molecule is COc1ccc(C(=O)N[C@@H](Cc2ccc(O)cc2)C(=O)N/N=C/c2ccc(Cl)cc2)cc1. The van der Waals surface area contributed by atoms with E-state index in [4.69, 9.17) is 16.3 Å². The van der Waals surface area contributed by atoms with Gasteiger partial charge in [0.05, 0.1) is 13.3 Å². The Bertz CT molecular complexity index is 1080. The molecule has 0 saturated heterocycles. The van der Waals surface area contributed by atoms with E-state index in [1.165, 1.54) is 25.5 Å². The summed E-state index contributed by atoms with van der Waals surface area (Å²) in [6.07, 6.45) is 1.70. The summed E-state index contributed by atoms with van der Waals surface area (Å²) in [6.45, 7) is 0. The molecule has 2 amide bonds. The summed E-state index contributed by atoms with van der Waals surface area (Å²) >= 11 is 5.86. The van der Waals surface area contributed by atoms with Crippen LogP contribution in [0, 0.1) is 0 Å². The maximum atomic E-state index is 12.8. The Labute approximate surface area is 190 Å². The highest BCUT2D eigenvalue weighted by molar-refractivity contribution is 6.30. The topological polar surface area (TPSA) is 100 Å². The molecule has 3 aromatic carbocycles. The standard InChI is InChI=1S/C24H22ClN3O4/c1-32-21-12-6-18(7-13-21)23(30)27-22(14-16-4-10-20(29)11-5-16)24(31)28-26-15-17-2-8-19(25)9-3-17/h2-13,15,22,29H,14H2,1H3,(H,27,30)(H,28,31)/b26-15+/t22-/m0/s1. The van der Waals surface area contributed by atoms with Crippen LogP contribution in [0.4, 0.5) is 0 Å². The van der Waals surface area contributed by atoms with Crippen molar-refractivity contribution in [3.05, 3.63) is 94.5 Å². The van der Waals surface area contributed by atoms with Crippen molar-refractivity contribution in [2.45, 2.75) is 12.5 Å². The van der Waals surface area contributed by atoms with Crippen LogP contribution < -0.4 is 15.5 Å². The molecular formula is C24H22ClN3O4. The van der Waals surface area contributed by atoms with Crippen LogP contribution in [0.3, 0.4) is 0 Å². The number of carbonyl (C=O) groups excluding carboxylic acids is 2. The van der Waals surface area contributed by atoms with Crippen molar-refractivity contribution in [2.75, 3.05) is 7.11 Å². The highest BCUT2D eigenvalue weighted by atomic mass is 35.5. The summed E-state index contributed by atoms with van der Waals surface area (Å²) in [6, 6.07) is 19.0. The Kier molecular flexibility index (Phi) is 7.83. The fraction of sp³-hybridized carbons (Fsp3) is 0.125. The van der Waals surface area contributed by atoms with E-state index in [2.05, 4.69) is 15.8 Å². The number of nitrogens with one attached hydrogen (secondary N) is 2. The van der Waals surface area contributed by atoms with Crippen molar-refractivity contribution >= 4 is 29.6 Å². The number of halogens is 1. The Morgan fingerprint density at radius 3 is 2.31 bits per heavy atom. The van der Waals surface area contributed by atoms with E-state index in [0.717, 1.165) is 11.1 Å². The molecule has 7 nitrogen and oxygen atoms in total. The van der Waals surface area contributed by atoms with Crippen molar-refractivity contribution in [2.24, 2.45) is 5.10 Å². The first-order valence-electron chi connectivity index (χ1n) is 9.76. The molecule has 3 rings (SSSR count). The third-order valence-electron chi connectivity index (χ3n) is 4.61. The summed E-state index contributed by atoms with van der Waals surface area (Å²) in [7, 11) is 1.54. The monoisotopic (exact) mass is 451 g/mol. The molecule has 8 heteroatoms. The van der Waals surface area contributed by atoms with E-state index in [9.17, 15) is 14.7 Å². The van der Waals surface area contributed by atoms with Crippen molar-refractivity contribution in [1.29, 1.82) is 0 Å². The summed E-state index contributed by atoms with van der Waals surface area (Å²) in [5.74, 6) is -0.153. The van der Waals surface area contributed by atoms with Crippen molar-refractivity contribution in [1.82, 2.24) is 10.7 Å². The lowest BCUT2D eigenvalue weighted by molar-refractivity contribution is -0.122. The Morgan fingerprint density at radius 1 is 1.03 bits per heavy atom. The second kappa shape index (κ2) is 11.0. The first kappa shape index (κ1) is 22.8. The minimum Gasteiger partial charge on any atom is -0.508 e. The molecule has 0 aliphatic heterocycles. The number of nitrogens with zero attached hydrogens (tertiary/aromatic N) is 1. The maximum absolute atomic E-state index is 12.8. The van der Waals surface area contributed by atoms with Gasteiger partial charge in [-0.05, 0) is 59.7 Å². The van der Waals surface area contributed by atoms with Crippen LogP contribution in [-0.4, -0.2) is 36.3 Å². The van der Waals surface area contributed by atoms with Gasteiger partial charge < -0.3 is 15.2 Å². The van der Waals surface area contributed by atoms with E-state index in [1.54, 1.807) is 60.7 Å². The lowest BCUT2D eigenvalue weighted by atomic mass is 10.0. The van der Waals surface area contributed by atoms with Crippen LogP contribution in [0.25, 0.3) is 0 Å². The van der Waals surface area contributed by atoms with Gasteiger partial charge >= 0.3 is 0 Å². The van der Waals surface area contributed by atoms with Gasteiger partial charge in [0.1, 0.15) is 17.5 Å². The molecule has 0 heterocycles. The molecular weight excluding hydrogens is 430 g/mol. The molecule has 3 aromatic rings. The summed E-state index contributed by atoms with van der Waals surface area (Å²) in [5.41, 5.74) is 4.37. The summed E-state index contributed by atoms with van der Waals surface area (Å²) in [5, 5.41) is 16.8. The van der Waals surface area contributed by atoms with Gasteiger partial charge in [-0.2, -0.15) is 5.10 Å². The predicted molar refractivity (Wildman–Crippen MR) is 123 cm³/mol. The molecule has 3 N–H and O–H groups in total. The Balaban J connectivity index is 1.72. The van der Waals surface area contributed by atoms with Gasteiger partial charge in [-0.1, -0.05) is 35.9 Å². The van der Waals surface area contributed by atoms with Gasteiger partial charge in [-0.25, -0.2) is 5.43 Å². The van der Waals surface area contributed by atoms with Crippen molar-refractivity contribution < 1.29 is 19.4 Å². The smallest absolute Gasteiger partial charge is 0.262 e. The third-order valence-corrected chi connectivity index (χ3v) is 4.86. The van der Waals surface area contributed by atoms with Crippen LogP contribution in [0.1, 0.15) is 21.5 Å². The number of hydrogen-bond donors (Lipinski definition) is 3. The highest BCUT2D eigenvalue weighted by Crippen LogP contribution is 2.14. The van der Waals surface area contributed by atoms with Crippen molar-refractivity contribution in [3.63, 3.8) is 0 Å². The molecule has 32 heavy (non-hydrogen) atoms. The van der Waals surface area contributed by atoms with Crippen LogP contribution in [0.15, 0.2) is 77.9 Å². The second-order valence-corrected chi connectivity index (χ2v) is 7.35. The quantitative estimate of drug-likeness (QED) is 0.360. The van der Waals surface area contributed by atoms with Gasteiger partial charge in [0, 0.05) is 17.0 Å². The third kappa shape index (κ3) is 6.58. The second-order valence-electron chi connectivity index (χ2n) is 6.91. The largest absolute Gasteiger partial charge is 0.508 e. The predicted octanol–water partition coefficient (Wildman–Crippen LogP) is 3.55. The van der Waals surface area contributed by atoms with Crippen molar-refractivity contribution in [3.8, 4) is 11.5 Å². The average Bonchev–Trinajstić information content (AvgIpc) is 2.81. The highest BCUT2D eigenvalue weighted by Gasteiger charge is 2.22. The molecule has 0 radical (unpaired) electrons. The molecule has 164 valence electrons. The zero-order chi connectivity index (χ0) is 22.9. The van der Waals surface area contributed by atoms with E-state index in [1.807, 2.05) is 0 Å². The zero-order valence-electron chi connectivity index (χ0n) is 17.3. The molecule has 0 aliphatic carbocycles. The number of hydrazone groups is 1. The van der Waals surface area contributed by atoms with Crippen LogP contribution >= 0.6 is 11.6 Å². The zero-order valence-corrected chi connectivity index (χ0v) is 18.0. The fourth-order valence-corrected chi connectivity index (χ4v) is 2.98. The van der Waals surface area contributed by atoms with E-state index in [0.29, 0.717) is 16.3 Å². The first-order chi connectivity index (χ1) is 15.4. The van der Waals surface area contributed by atoms with Gasteiger partial charge in [-0.3, -0.25) is 9.59 Å². The van der Waals surface area contributed by atoms with Gasteiger partial charge in [0.25, 0.3) is 11.8 Å². The van der Waals surface area contributed by atoms with E-state index < -0.39 is 17.9 Å². The summed E-state index contributed by atoms with van der Waals surface area (Å²) in [4.78, 5) is 25.5. The minimum atomic E-state index is -0.892. The molecule has 0 saturated carbocycles. The molecule has 0 fully saturated rings. The number of rotatable bonds is 8. The lowest BCUT2D eigenvalue weighted by Gasteiger charge is -2.17. The normalized spacial score (nSPS) is 11.7. The van der Waals surface area contributed by atoms with Crippen LogP contribution in [0.2, 0.25) is 5.02 Å². The number of carbonyl (C=O) groups is 2. The molecule has 0 aromatic heterocycles. The molecule has 0 spiro atoms. The number of amides is 2. The van der Waals surface area contributed by atoms with Crippen LogP contribution in [0.5, 0.6) is 11.5 Å². The number of benzene rings is 3. The molecule has 0 bridgehead atoms. The molecule has 0 aliphatic rings. The van der Waals surface area contributed by atoms with Gasteiger partial charge in [0.2, 0.25) is 0 Å². The van der Waals surface area contributed by atoms with Gasteiger partial charge in [-0.15, -0.1) is 0 Å². The lowest BCUT2D eigenvalue weighted by Crippen LogP contribution is -2.46.